The lowest BCUT2D eigenvalue weighted by molar-refractivity contribution is 0.0688. The summed E-state index contributed by atoms with van der Waals surface area (Å²) in [6, 6.07) is 0. The van der Waals surface area contributed by atoms with Crippen LogP contribution in [-0.2, 0) is 0 Å². The van der Waals surface area contributed by atoms with Gasteiger partial charge >= 0.3 is 5.97 Å². The predicted octanol–water partition coefficient (Wildman–Crippen LogP) is 1.85. The van der Waals surface area contributed by atoms with Crippen LogP contribution in [0.25, 0.3) is 0 Å². The molecule has 0 atom stereocenters. The fourth-order valence-electron chi connectivity index (χ4n) is 0.608. The van der Waals surface area contributed by atoms with E-state index in [-0.39, 0.29) is 5.69 Å². The molecule has 1 aromatic heterocycles. The molecular formula is C6H4BrIN2O2. The smallest absolute Gasteiger partial charge is 0.357 e. The van der Waals surface area contributed by atoms with Gasteiger partial charge in [-0.25, -0.2) is 14.8 Å². The lowest BCUT2D eigenvalue weighted by Gasteiger charge is -2.00. The van der Waals surface area contributed by atoms with Crippen molar-refractivity contribution in [2.75, 3.05) is 0 Å². The van der Waals surface area contributed by atoms with Crippen molar-refractivity contribution in [3.8, 4) is 0 Å². The van der Waals surface area contributed by atoms with Crippen LogP contribution >= 0.6 is 38.5 Å². The molecule has 1 rings (SSSR count). The normalized spacial score (nSPS) is 9.92. The molecule has 4 nitrogen and oxygen atoms in total. The van der Waals surface area contributed by atoms with E-state index in [1.807, 2.05) is 22.6 Å². The second-order valence-electron chi connectivity index (χ2n) is 2.04. The van der Waals surface area contributed by atoms with Crippen molar-refractivity contribution < 1.29 is 9.90 Å². The summed E-state index contributed by atoms with van der Waals surface area (Å²) in [6.45, 7) is 1.75. The minimum absolute atomic E-state index is 0.0203. The van der Waals surface area contributed by atoms with E-state index in [4.69, 9.17) is 5.11 Å². The first-order valence-corrected chi connectivity index (χ1v) is 4.82. The van der Waals surface area contributed by atoms with Crippen LogP contribution in [0.1, 0.15) is 16.2 Å². The summed E-state index contributed by atoms with van der Waals surface area (Å²) in [5, 5.41) is 8.65. The van der Waals surface area contributed by atoms with Crippen molar-refractivity contribution in [3.05, 3.63) is 19.7 Å². The highest BCUT2D eigenvalue weighted by molar-refractivity contribution is 14.1. The lowest BCUT2D eigenvalue weighted by atomic mass is 10.4. The Hall–Kier alpha value is -0.240. The highest BCUT2D eigenvalue weighted by Crippen LogP contribution is 2.15. The largest absolute Gasteiger partial charge is 0.476 e. The summed E-state index contributed by atoms with van der Waals surface area (Å²) in [6.07, 6.45) is 0. The first-order valence-electron chi connectivity index (χ1n) is 2.95. The van der Waals surface area contributed by atoms with E-state index < -0.39 is 5.97 Å². The third-order valence-corrected chi connectivity index (χ3v) is 2.68. The van der Waals surface area contributed by atoms with Crippen LogP contribution < -0.4 is 0 Å². The van der Waals surface area contributed by atoms with E-state index in [0.717, 1.165) is 0 Å². The molecule has 0 saturated heterocycles. The maximum Gasteiger partial charge on any atom is 0.357 e. The standard InChI is InChI=1S/C6H4BrIN2O2/c1-2-4(7)10-3(6(11)12)5(8)9-2/h1H3,(H,11,12). The van der Waals surface area contributed by atoms with Gasteiger partial charge in [0.2, 0.25) is 0 Å². The molecule has 6 heteroatoms. The van der Waals surface area contributed by atoms with Crippen molar-refractivity contribution in [1.29, 1.82) is 0 Å². The van der Waals surface area contributed by atoms with Gasteiger partial charge in [0.05, 0.1) is 5.69 Å². The number of hydrogen-bond acceptors (Lipinski definition) is 3. The van der Waals surface area contributed by atoms with E-state index in [0.29, 0.717) is 14.0 Å². The van der Waals surface area contributed by atoms with E-state index in [9.17, 15) is 4.79 Å². The Bertz CT molecular complexity index is 343. The number of carboxylic acids is 1. The number of nitrogens with zero attached hydrogens (tertiary/aromatic N) is 2. The zero-order chi connectivity index (χ0) is 9.30. The molecule has 0 saturated carbocycles. The van der Waals surface area contributed by atoms with Crippen LogP contribution in [0, 0.1) is 10.6 Å². The van der Waals surface area contributed by atoms with Crippen LogP contribution in [0.2, 0.25) is 0 Å². The van der Waals surface area contributed by atoms with Gasteiger partial charge in [-0.05, 0) is 45.4 Å². The molecule has 1 heterocycles. The molecule has 0 aliphatic carbocycles. The van der Waals surface area contributed by atoms with Gasteiger partial charge in [-0.1, -0.05) is 0 Å². The number of aryl methyl sites for hydroxylation is 1. The molecule has 0 unspecified atom stereocenters. The monoisotopic (exact) mass is 342 g/mol. The van der Waals surface area contributed by atoms with Crippen LogP contribution in [0.3, 0.4) is 0 Å². The van der Waals surface area contributed by atoms with Gasteiger partial charge in [0.1, 0.15) is 8.30 Å². The summed E-state index contributed by atoms with van der Waals surface area (Å²) >= 11 is 4.95. The van der Waals surface area contributed by atoms with E-state index in [1.54, 1.807) is 6.92 Å². The Labute approximate surface area is 90.7 Å². The summed E-state index contributed by atoms with van der Waals surface area (Å²) in [5.74, 6) is -1.06. The van der Waals surface area contributed by atoms with Gasteiger partial charge < -0.3 is 5.11 Å². The summed E-state index contributed by atoms with van der Waals surface area (Å²) in [7, 11) is 0. The molecule has 0 aliphatic rings. The van der Waals surface area contributed by atoms with Crippen molar-refractivity contribution in [2.45, 2.75) is 6.92 Å². The predicted molar refractivity (Wildman–Crippen MR) is 54.1 cm³/mol. The van der Waals surface area contributed by atoms with Gasteiger partial charge in [-0.3, -0.25) is 0 Å². The van der Waals surface area contributed by atoms with Crippen LogP contribution in [0.15, 0.2) is 4.60 Å². The third kappa shape index (κ3) is 1.92. The van der Waals surface area contributed by atoms with E-state index >= 15 is 0 Å². The number of hydrogen-bond donors (Lipinski definition) is 1. The van der Waals surface area contributed by atoms with Crippen LogP contribution in [-0.4, -0.2) is 21.0 Å². The minimum Gasteiger partial charge on any atom is -0.476 e. The molecule has 0 fully saturated rings. The number of aromatic nitrogens is 2. The highest BCUT2D eigenvalue weighted by Gasteiger charge is 2.13. The Balaban J connectivity index is 3.33. The maximum absolute atomic E-state index is 10.6. The molecule has 1 aromatic rings. The average Bonchev–Trinajstić information content (AvgIpc) is 1.96. The Kier molecular flexibility index (Phi) is 2.99. The van der Waals surface area contributed by atoms with Gasteiger partial charge in [0.15, 0.2) is 5.69 Å². The number of carboxylic acid groups (broad SMARTS) is 1. The second kappa shape index (κ2) is 3.65. The summed E-state index contributed by atoms with van der Waals surface area (Å²) in [5.41, 5.74) is 0.664. The van der Waals surface area contributed by atoms with Crippen LogP contribution in [0.4, 0.5) is 0 Å². The lowest BCUT2D eigenvalue weighted by Crippen LogP contribution is -2.07. The third-order valence-electron chi connectivity index (χ3n) is 1.17. The Morgan fingerprint density at radius 2 is 2.17 bits per heavy atom. The average molecular weight is 343 g/mol. The molecule has 12 heavy (non-hydrogen) atoms. The second-order valence-corrected chi connectivity index (χ2v) is 3.82. The molecule has 0 amide bonds. The fraction of sp³-hybridized carbons (Fsp3) is 0.167. The molecule has 64 valence electrons. The molecule has 0 aliphatic heterocycles. The molecular weight excluding hydrogens is 339 g/mol. The minimum atomic E-state index is -1.06. The quantitative estimate of drug-likeness (QED) is 0.791. The van der Waals surface area contributed by atoms with Crippen LogP contribution in [0.5, 0.6) is 0 Å². The zero-order valence-electron chi connectivity index (χ0n) is 6.01. The molecule has 0 bridgehead atoms. The van der Waals surface area contributed by atoms with Crippen molar-refractivity contribution in [2.24, 2.45) is 0 Å². The Morgan fingerprint density at radius 1 is 1.58 bits per heavy atom. The molecule has 0 aromatic carbocycles. The number of aromatic carboxylic acids is 1. The molecule has 0 spiro atoms. The topological polar surface area (TPSA) is 63.1 Å². The molecule has 1 N–H and O–H groups in total. The Morgan fingerprint density at radius 3 is 2.67 bits per heavy atom. The first kappa shape index (κ1) is 9.85. The maximum atomic E-state index is 10.6. The summed E-state index contributed by atoms with van der Waals surface area (Å²) in [4.78, 5) is 18.4. The van der Waals surface area contributed by atoms with Gasteiger partial charge in [0, 0.05) is 0 Å². The van der Waals surface area contributed by atoms with Gasteiger partial charge in [-0.15, -0.1) is 0 Å². The number of carbonyl (C=O) groups is 1. The fourth-order valence-corrected chi connectivity index (χ4v) is 1.59. The van der Waals surface area contributed by atoms with Crippen molar-refractivity contribution in [3.63, 3.8) is 0 Å². The summed E-state index contributed by atoms with van der Waals surface area (Å²) < 4.78 is 0.876. The highest BCUT2D eigenvalue weighted by atomic mass is 127. The van der Waals surface area contributed by atoms with Crippen molar-refractivity contribution >= 4 is 44.5 Å². The SMILES string of the molecule is Cc1nc(I)c(C(=O)O)nc1Br. The zero-order valence-corrected chi connectivity index (χ0v) is 9.75. The van der Waals surface area contributed by atoms with E-state index in [1.165, 1.54) is 0 Å². The number of rotatable bonds is 1. The van der Waals surface area contributed by atoms with Crippen molar-refractivity contribution in [1.82, 2.24) is 9.97 Å². The molecule has 0 radical (unpaired) electrons. The van der Waals surface area contributed by atoms with Gasteiger partial charge in [-0.2, -0.15) is 0 Å². The van der Waals surface area contributed by atoms with Gasteiger partial charge in [0.25, 0.3) is 0 Å². The first-order chi connectivity index (χ1) is 5.52. The number of halogens is 2. The van der Waals surface area contributed by atoms with E-state index in [2.05, 4.69) is 25.9 Å².